The van der Waals surface area contributed by atoms with Crippen LogP contribution >= 0.6 is 0 Å². The van der Waals surface area contributed by atoms with Gasteiger partial charge in [0.2, 0.25) is 5.91 Å². The van der Waals surface area contributed by atoms with E-state index in [1.807, 2.05) is 25.7 Å². The summed E-state index contributed by atoms with van der Waals surface area (Å²) in [5, 5.41) is 21.2. The van der Waals surface area contributed by atoms with Gasteiger partial charge in [-0.2, -0.15) is 5.10 Å². The minimum Gasteiger partial charge on any atom is -0.357 e. The predicted octanol–water partition coefficient (Wildman–Crippen LogP) is 0.603. The van der Waals surface area contributed by atoms with Gasteiger partial charge in [0.15, 0.2) is 5.96 Å². The molecule has 1 aliphatic heterocycles. The maximum Gasteiger partial charge on any atom is 0.306 e. The molecule has 1 atom stereocenters. The second-order valence-corrected chi connectivity index (χ2v) is 6.55. The molecule has 0 aliphatic carbocycles. The van der Waals surface area contributed by atoms with Gasteiger partial charge >= 0.3 is 5.69 Å². The van der Waals surface area contributed by atoms with Crippen molar-refractivity contribution in [1.82, 2.24) is 25.3 Å². The Bertz CT molecular complexity index is 656. The van der Waals surface area contributed by atoms with Crippen LogP contribution in [0.2, 0.25) is 0 Å². The molecule has 1 saturated heterocycles. The van der Waals surface area contributed by atoms with Gasteiger partial charge in [0.05, 0.1) is 18.0 Å². The molecule has 2 N–H and O–H groups in total. The Hall–Kier alpha value is -2.65. The SMILES string of the molecule is CCNC(=NCCn1cc([N+](=O)[O-])cn1)NC1CCN(C(=O)C(C)C)C1. The largest absolute Gasteiger partial charge is 0.357 e. The summed E-state index contributed by atoms with van der Waals surface area (Å²) < 4.78 is 1.50. The van der Waals surface area contributed by atoms with E-state index in [-0.39, 0.29) is 23.6 Å². The fourth-order valence-electron chi connectivity index (χ4n) is 2.79. The normalized spacial score (nSPS) is 17.6. The molecule has 0 radical (unpaired) electrons. The molecule has 26 heavy (non-hydrogen) atoms. The Morgan fingerprint density at radius 3 is 2.92 bits per heavy atom. The van der Waals surface area contributed by atoms with Gasteiger partial charge < -0.3 is 15.5 Å². The van der Waals surface area contributed by atoms with Gasteiger partial charge in [0, 0.05) is 31.6 Å². The third-order valence-corrected chi connectivity index (χ3v) is 4.11. The van der Waals surface area contributed by atoms with Crippen molar-refractivity contribution in [3.8, 4) is 0 Å². The Labute approximate surface area is 152 Å². The summed E-state index contributed by atoms with van der Waals surface area (Å²) in [7, 11) is 0. The van der Waals surface area contributed by atoms with Crippen LogP contribution in [0.5, 0.6) is 0 Å². The van der Waals surface area contributed by atoms with Crippen LogP contribution in [0.1, 0.15) is 27.2 Å². The standard InChI is InChI=1S/C16H27N7O3/c1-4-17-16(18-6-8-22-11-14(9-19-22)23(25)26)20-13-5-7-21(10-13)15(24)12(2)3/h9,11-13H,4-8,10H2,1-3H3,(H2,17,18,20). The quantitative estimate of drug-likeness (QED) is 0.316. The van der Waals surface area contributed by atoms with Crippen molar-refractivity contribution in [3.05, 3.63) is 22.5 Å². The molecule has 0 spiro atoms. The average molecular weight is 365 g/mol. The number of amides is 1. The summed E-state index contributed by atoms with van der Waals surface area (Å²) in [4.78, 5) is 28.6. The second kappa shape index (κ2) is 9.16. The molecular weight excluding hydrogens is 338 g/mol. The Morgan fingerprint density at radius 2 is 2.31 bits per heavy atom. The fraction of sp³-hybridized carbons (Fsp3) is 0.688. The number of nitro groups is 1. The first-order chi connectivity index (χ1) is 12.4. The molecule has 2 rings (SSSR count). The zero-order valence-electron chi connectivity index (χ0n) is 15.5. The molecular formula is C16H27N7O3. The zero-order chi connectivity index (χ0) is 19.1. The predicted molar refractivity (Wildman–Crippen MR) is 97.8 cm³/mol. The lowest BCUT2D eigenvalue weighted by Gasteiger charge is -2.20. The Morgan fingerprint density at radius 1 is 1.54 bits per heavy atom. The number of hydrogen-bond acceptors (Lipinski definition) is 5. The topological polar surface area (TPSA) is 118 Å². The molecule has 1 unspecified atom stereocenters. The Kier molecular flexibility index (Phi) is 6.93. The molecule has 1 amide bonds. The highest BCUT2D eigenvalue weighted by atomic mass is 16.6. The highest BCUT2D eigenvalue weighted by Crippen LogP contribution is 2.12. The van der Waals surface area contributed by atoms with Gasteiger partial charge in [0.25, 0.3) is 0 Å². The van der Waals surface area contributed by atoms with Crippen LogP contribution in [0.4, 0.5) is 5.69 Å². The number of likely N-dealkylation sites (tertiary alicyclic amines) is 1. The van der Waals surface area contributed by atoms with Gasteiger partial charge in [0.1, 0.15) is 12.4 Å². The van der Waals surface area contributed by atoms with E-state index >= 15 is 0 Å². The summed E-state index contributed by atoms with van der Waals surface area (Å²) in [6.45, 7) is 8.85. The van der Waals surface area contributed by atoms with E-state index in [1.165, 1.54) is 17.1 Å². The molecule has 0 aromatic carbocycles. The summed E-state index contributed by atoms with van der Waals surface area (Å²) >= 11 is 0. The number of aromatic nitrogens is 2. The number of carbonyl (C=O) groups excluding carboxylic acids is 1. The van der Waals surface area contributed by atoms with Crippen molar-refractivity contribution >= 4 is 17.6 Å². The van der Waals surface area contributed by atoms with Crippen molar-refractivity contribution in [2.24, 2.45) is 10.9 Å². The first-order valence-electron chi connectivity index (χ1n) is 8.91. The van der Waals surface area contributed by atoms with E-state index in [1.54, 1.807) is 0 Å². The third-order valence-electron chi connectivity index (χ3n) is 4.11. The van der Waals surface area contributed by atoms with Crippen molar-refractivity contribution in [2.45, 2.75) is 39.8 Å². The number of nitrogens with zero attached hydrogens (tertiary/aromatic N) is 5. The number of nitrogens with one attached hydrogen (secondary N) is 2. The first kappa shape index (κ1) is 19.7. The van der Waals surface area contributed by atoms with Crippen LogP contribution in [0.15, 0.2) is 17.4 Å². The smallest absolute Gasteiger partial charge is 0.306 e. The van der Waals surface area contributed by atoms with Crippen molar-refractivity contribution in [2.75, 3.05) is 26.2 Å². The van der Waals surface area contributed by atoms with E-state index in [9.17, 15) is 14.9 Å². The molecule has 1 fully saturated rings. The molecule has 0 bridgehead atoms. The van der Waals surface area contributed by atoms with Crippen molar-refractivity contribution in [3.63, 3.8) is 0 Å². The fourth-order valence-corrected chi connectivity index (χ4v) is 2.79. The van der Waals surface area contributed by atoms with Crippen molar-refractivity contribution < 1.29 is 9.72 Å². The lowest BCUT2D eigenvalue weighted by Crippen LogP contribution is -2.45. The van der Waals surface area contributed by atoms with Crippen LogP contribution in [0, 0.1) is 16.0 Å². The summed E-state index contributed by atoms with van der Waals surface area (Å²) in [6, 6.07) is 0.168. The van der Waals surface area contributed by atoms with Gasteiger partial charge in [-0.15, -0.1) is 0 Å². The van der Waals surface area contributed by atoms with E-state index in [2.05, 4.69) is 20.7 Å². The minimum atomic E-state index is -0.470. The highest BCUT2D eigenvalue weighted by Gasteiger charge is 2.27. The average Bonchev–Trinajstić information content (AvgIpc) is 3.23. The maximum absolute atomic E-state index is 12.1. The molecule has 10 nitrogen and oxygen atoms in total. The first-order valence-corrected chi connectivity index (χ1v) is 8.91. The number of aliphatic imine (C=N–C) groups is 1. The van der Waals surface area contributed by atoms with Crippen LogP contribution in [-0.4, -0.2) is 63.7 Å². The van der Waals surface area contributed by atoms with E-state index < -0.39 is 4.92 Å². The summed E-state index contributed by atoms with van der Waals surface area (Å²) in [5.74, 6) is 0.864. The van der Waals surface area contributed by atoms with Gasteiger partial charge in [-0.3, -0.25) is 24.6 Å². The molecule has 0 saturated carbocycles. The van der Waals surface area contributed by atoms with Crippen LogP contribution in [0.25, 0.3) is 0 Å². The summed E-state index contributed by atoms with van der Waals surface area (Å²) in [6.07, 6.45) is 3.50. The van der Waals surface area contributed by atoms with E-state index in [0.29, 0.717) is 25.6 Å². The maximum atomic E-state index is 12.1. The molecule has 1 aromatic rings. The third kappa shape index (κ3) is 5.43. The van der Waals surface area contributed by atoms with Crippen LogP contribution in [0.3, 0.4) is 0 Å². The Balaban J connectivity index is 1.86. The van der Waals surface area contributed by atoms with Gasteiger partial charge in [-0.1, -0.05) is 13.8 Å². The van der Waals surface area contributed by atoms with Gasteiger partial charge in [-0.05, 0) is 13.3 Å². The number of rotatable bonds is 7. The number of hydrogen-bond donors (Lipinski definition) is 2. The van der Waals surface area contributed by atoms with Gasteiger partial charge in [-0.25, -0.2) is 0 Å². The van der Waals surface area contributed by atoms with E-state index in [0.717, 1.165) is 19.5 Å². The zero-order valence-corrected chi connectivity index (χ0v) is 15.5. The van der Waals surface area contributed by atoms with E-state index in [4.69, 9.17) is 0 Å². The lowest BCUT2D eigenvalue weighted by atomic mass is 10.2. The molecule has 1 aromatic heterocycles. The monoisotopic (exact) mass is 365 g/mol. The summed E-state index contributed by atoms with van der Waals surface area (Å²) in [5.41, 5.74) is -0.0279. The lowest BCUT2D eigenvalue weighted by molar-refractivity contribution is -0.385. The second-order valence-electron chi connectivity index (χ2n) is 6.55. The minimum absolute atomic E-state index is 0.00813. The molecule has 10 heteroatoms. The number of carbonyl (C=O) groups is 1. The molecule has 2 heterocycles. The van der Waals surface area contributed by atoms with Crippen LogP contribution in [-0.2, 0) is 11.3 Å². The van der Waals surface area contributed by atoms with Crippen molar-refractivity contribution in [1.29, 1.82) is 0 Å². The molecule has 144 valence electrons. The molecule has 1 aliphatic rings. The highest BCUT2D eigenvalue weighted by molar-refractivity contribution is 5.81. The number of guanidine groups is 1. The van der Waals surface area contributed by atoms with Crippen LogP contribution < -0.4 is 10.6 Å².